The van der Waals surface area contributed by atoms with Gasteiger partial charge >= 0.3 is 0 Å². The van der Waals surface area contributed by atoms with Crippen LogP contribution in [0.15, 0.2) is 12.1 Å². The third kappa shape index (κ3) is 3.97. The van der Waals surface area contributed by atoms with Gasteiger partial charge in [0.2, 0.25) is 5.88 Å². The second-order valence-corrected chi connectivity index (χ2v) is 4.58. The van der Waals surface area contributed by atoms with Crippen LogP contribution in [-0.4, -0.2) is 23.3 Å². The molecule has 1 aliphatic rings. The number of hydrogen-bond donors (Lipinski definition) is 1. The maximum Gasteiger partial charge on any atom is 0.233 e. The minimum Gasteiger partial charge on any atom is -0.477 e. The molecular formula is C13H21N3O. The molecule has 0 atom stereocenters. The molecule has 0 bridgehead atoms. The standard InChI is InChI=1S/C13H21N3O/c1-2-14-10-12-6-7-13(16-15-12)17-9-8-11-4-3-5-11/h6-7,11,14H,2-5,8-10H2,1H3. The second kappa shape index (κ2) is 6.55. The van der Waals surface area contributed by atoms with E-state index in [9.17, 15) is 0 Å². The van der Waals surface area contributed by atoms with Gasteiger partial charge in [0.1, 0.15) is 0 Å². The van der Waals surface area contributed by atoms with Crippen LogP contribution < -0.4 is 10.1 Å². The van der Waals surface area contributed by atoms with E-state index in [1.54, 1.807) is 0 Å². The van der Waals surface area contributed by atoms with Crippen LogP contribution in [0.25, 0.3) is 0 Å². The minimum atomic E-state index is 0.643. The largest absolute Gasteiger partial charge is 0.477 e. The number of hydrogen-bond acceptors (Lipinski definition) is 4. The Morgan fingerprint density at radius 2 is 2.24 bits per heavy atom. The van der Waals surface area contributed by atoms with Crippen LogP contribution in [0.1, 0.15) is 38.3 Å². The van der Waals surface area contributed by atoms with Crippen molar-refractivity contribution in [2.75, 3.05) is 13.2 Å². The van der Waals surface area contributed by atoms with Gasteiger partial charge in [-0.15, -0.1) is 5.10 Å². The van der Waals surface area contributed by atoms with E-state index in [1.807, 2.05) is 12.1 Å². The van der Waals surface area contributed by atoms with Crippen molar-refractivity contribution < 1.29 is 4.74 Å². The van der Waals surface area contributed by atoms with Crippen LogP contribution >= 0.6 is 0 Å². The topological polar surface area (TPSA) is 47.0 Å². The molecule has 0 unspecified atom stereocenters. The molecule has 0 amide bonds. The molecule has 1 aromatic heterocycles. The predicted molar refractivity (Wildman–Crippen MR) is 66.9 cm³/mol. The van der Waals surface area contributed by atoms with Crippen molar-refractivity contribution in [1.82, 2.24) is 15.5 Å². The summed E-state index contributed by atoms with van der Waals surface area (Å²) in [6, 6.07) is 3.87. The van der Waals surface area contributed by atoms with E-state index >= 15 is 0 Å². The van der Waals surface area contributed by atoms with Crippen molar-refractivity contribution in [2.45, 2.75) is 39.2 Å². The third-order valence-electron chi connectivity index (χ3n) is 3.25. The van der Waals surface area contributed by atoms with E-state index in [4.69, 9.17) is 4.74 Å². The highest BCUT2D eigenvalue weighted by Crippen LogP contribution is 2.29. The lowest BCUT2D eigenvalue weighted by molar-refractivity contribution is 0.216. The molecule has 0 radical (unpaired) electrons. The van der Waals surface area contributed by atoms with E-state index in [0.717, 1.165) is 37.7 Å². The molecule has 1 saturated carbocycles. The summed E-state index contributed by atoms with van der Waals surface area (Å²) >= 11 is 0. The zero-order valence-corrected chi connectivity index (χ0v) is 10.5. The van der Waals surface area contributed by atoms with Gasteiger partial charge in [-0.2, -0.15) is 5.10 Å². The maximum absolute atomic E-state index is 5.58. The molecule has 1 heterocycles. The first-order valence-electron chi connectivity index (χ1n) is 6.54. The van der Waals surface area contributed by atoms with Crippen LogP contribution in [-0.2, 0) is 6.54 Å². The normalized spacial score (nSPS) is 15.6. The Balaban J connectivity index is 1.69. The summed E-state index contributed by atoms with van der Waals surface area (Å²) in [5.74, 6) is 1.53. The average molecular weight is 235 g/mol. The van der Waals surface area contributed by atoms with Gasteiger partial charge in [-0.1, -0.05) is 26.2 Å². The molecule has 4 nitrogen and oxygen atoms in total. The Morgan fingerprint density at radius 3 is 2.82 bits per heavy atom. The van der Waals surface area contributed by atoms with Gasteiger partial charge in [-0.25, -0.2) is 0 Å². The van der Waals surface area contributed by atoms with Gasteiger partial charge in [-0.3, -0.25) is 0 Å². The summed E-state index contributed by atoms with van der Waals surface area (Å²) in [4.78, 5) is 0. The van der Waals surface area contributed by atoms with Gasteiger partial charge in [0.25, 0.3) is 0 Å². The zero-order chi connectivity index (χ0) is 11.9. The molecule has 94 valence electrons. The number of aromatic nitrogens is 2. The van der Waals surface area contributed by atoms with Crippen molar-refractivity contribution in [3.05, 3.63) is 17.8 Å². The van der Waals surface area contributed by atoms with Crippen LogP contribution in [0.3, 0.4) is 0 Å². The van der Waals surface area contributed by atoms with E-state index < -0.39 is 0 Å². The summed E-state index contributed by atoms with van der Waals surface area (Å²) in [5, 5.41) is 11.4. The summed E-state index contributed by atoms with van der Waals surface area (Å²) in [6.07, 6.45) is 5.29. The van der Waals surface area contributed by atoms with Crippen molar-refractivity contribution in [3.63, 3.8) is 0 Å². The number of nitrogens with one attached hydrogen (secondary N) is 1. The smallest absolute Gasteiger partial charge is 0.233 e. The summed E-state index contributed by atoms with van der Waals surface area (Å²) in [5.41, 5.74) is 0.957. The first-order valence-corrected chi connectivity index (χ1v) is 6.54. The first kappa shape index (κ1) is 12.3. The van der Waals surface area contributed by atoms with Crippen molar-refractivity contribution >= 4 is 0 Å². The lowest BCUT2D eigenvalue weighted by atomic mass is 9.83. The predicted octanol–water partition coefficient (Wildman–Crippen LogP) is 2.16. The molecule has 0 aromatic carbocycles. The van der Waals surface area contributed by atoms with E-state index in [1.165, 1.54) is 19.3 Å². The molecule has 0 saturated heterocycles. The highest BCUT2D eigenvalue weighted by molar-refractivity contribution is 5.11. The van der Waals surface area contributed by atoms with E-state index in [2.05, 4.69) is 22.4 Å². The maximum atomic E-state index is 5.58. The van der Waals surface area contributed by atoms with Crippen LogP contribution in [0.2, 0.25) is 0 Å². The third-order valence-corrected chi connectivity index (χ3v) is 3.25. The second-order valence-electron chi connectivity index (χ2n) is 4.58. The summed E-state index contributed by atoms with van der Waals surface area (Å²) in [6.45, 7) is 4.56. The summed E-state index contributed by atoms with van der Waals surface area (Å²) in [7, 11) is 0. The average Bonchev–Trinajstić information content (AvgIpc) is 2.31. The molecular weight excluding hydrogens is 214 g/mol. The number of nitrogens with zero attached hydrogens (tertiary/aromatic N) is 2. The Kier molecular flexibility index (Phi) is 4.74. The van der Waals surface area contributed by atoms with E-state index in [-0.39, 0.29) is 0 Å². The van der Waals surface area contributed by atoms with Crippen molar-refractivity contribution in [2.24, 2.45) is 5.92 Å². The van der Waals surface area contributed by atoms with Crippen LogP contribution in [0, 0.1) is 5.92 Å². The molecule has 1 N–H and O–H groups in total. The highest BCUT2D eigenvalue weighted by atomic mass is 16.5. The Morgan fingerprint density at radius 1 is 1.35 bits per heavy atom. The lowest BCUT2D eigenvalue weighted by Gasteiger charge is -2.24. The lowest BCUT2D eigenvalue weighted by Crippen LogP contribution is -2.15. The molecule has 0 aliphatic heterocycles. The van der Waals surface area contributed by atoms with Crippen molar-refractivity contribution in [1.29, 1.82) is 0 Å². The Labute approximate surface area is 103 Å². The van der Waals surface area contributed by atoms with Gasteiger partial charge in [-0.05, 0) is 24.9 Å². The quantitative estimate of drug-likeness (QED) is 0.786. The number of rotatable bonds is 7. The fourth-order valence-electron chi connectivity index (χ4n) is 1.88. The van der Waals surface area contributed by atoms with Gasteiger partial charge in [0.05, 0.1) is 12.3 Å². The molecule has 2 rings (SSSR count). The van der Waals surface area contributed by atoms with Gasteiger partial charge < -0.3 is 10.1 Å². The molecule has 1 aromatic rings. The monoisotopic (exact) mass is 235 g/mol. The molecule has 1 aliphatic carbocycles. The first-order chi connectivity index (χ1) is 8.38. The minimum absolute atomic E-state index is 0.643. The molecule has 4 heteroatoms. The fourth-order valence-corrected chi connectivity index (χ4v) is 1.88. The highest BCUT2D eigenvalue weighted by Gasteiger charge is 2.16. The summed E-state index contributed by atoms with van der Waals surface area (Å²) < 4.78 is 5.58. The fraction of sp³-hybridized carbons (Fsp3) is 0.692. The molecule has 1 fully saturated rings. The SMILES string of the molecule is CCNCc1ccc(OCCC2CCC2)nn1. The van der Waals surface area contributed by atoms with Gasteiger partial charge in [0, 0.05) is 12.6 Å². The van der Waals surface area contributed by atoms with Crippen molar-refractivity contribution in [3.8, 4) is 5.88 Å². The van der Waals surface area contributed by atoms with Crippen LogP contribution in [0.4, 0.5) is 0 Å². The zero-order valence-electron chi connectivity index (χ0n) is 10.5. The van der Waals surface area contributed by atoms with Crippen LogP contribution in [0.5, 0.6) is 5.88 Å². The molecule has 0 spiro atoms. The van der Waals surface area contributed by atoms with Gasteiger partial charge in [0.15, 0.2) is 0 Å². The Hall–Kier alpha value is -1.16. The molecule has 17 heavy (non-hydrogen) atoms. The number of ether oxygens (including phenoxy) is 1. The van der Waals surface area contributed by atoms with E-state index in [0.29, 0.717) is 5.88 Å². The Bertz CT molecular complexity index is 322.